The zero-order valence-corrected chi connectivity index (χ0v) is 17.4. The minimum atomic E-state index is 0.0113. The molecule has 3 aromatic carbocycles. The summed E-state index contributed by atoms with van der Waals surface area (Å²) in [5, 5.41) is 0. The van der Waals surface area contributed by atoms with Crippen molar-refractivity contribution in [2.24, 2.45) is 0 Å². The molecule has 1 unspecified atom stereocenters. The third-order valence-corrected chi connectivity index (χ3v) is 6.42. The first kappa shape index (κ1) is 18.0. The van der Waals surface area contributed by atoms with Crippen molar-refractivity contribution in [2.45, 2.75) is 38.6 Å². The number of fused-ring (bicyclic) bond motifs is 3. The van der Waals surface area contributed by atoms with E-state index in [0.717, 1.165) is 6.42 Å². The topological polar surface area (TPSA) is 3.24 Å². The maximum Gasteiger partial charge on any atom is 0.0559 e. The van der Waals surface area contributed by atoms with Crippen LogP contribution in [0.2, 0.25) is 0 Å². The van der Waals surface area contributed by atoms with Gasteiger partial charge in [-0.3, -0.25) is 0 Å². The van der Waals surface area contributed by atoms with Crippen molar-refractivity contribution in [3.63, 3.8) is 0 Å². The van der Waals surface area contributed by atoms with Crippen LogP contribution >= 0.6 is 0 Å². The molecule has 0 bridgehead atoms. The fourth-order valence-electron chi connectivity index (χ4n) is 4.87. The first-order valence-electron chi connectivity index (χ1n) is 10.5. The standard InChI is InChI=1S/C28H27N/c1-20-14-16-24-25-17-15-23(19-27(25)28(2,3)26(24)18-20)29(21-10-6-4-7-11-21)22-12-8-5-9-13-22/h4-12,14-19,22H,13H2,1-3H3. The first-order chi connectivity index (χ1) is 14.1. The molecular formula is C28H27N. The summed E-state index contributed by atoms with van der Waals surface area (Å²) in [5.41, 5.74) is 9.46. The first-order valence-corrected chi connectivity index (χ1v) is 10.5. The number of allylic oxidation sites excluding steroid dienone is 2. The quantitative estimate of drug-likeness (QED) is 0.462. The third-order valence-electron chi connectivity index (χ3n) is 6.42. The summed E-state index contributed by atoms with van der Waals surface area (Å²) in [6.45, 7) is 6.90. The molecule has 29 heavy (non-hydrogen) atoms. The molecule has 0 saturated carbocycles. The van der Waals surface area contributed by atoms with E-state index >= 15 is 0 Å². The van der Waals surface area contributed by atoms with Gasteiger partial charge >= 0.3 is 0 Å². The molecule has 2 aliphatic rings. The van der Waals surface area contributed by atoms with Crippen LogP contribution in [0.4, 0.5) is 11.4 Å². The van der Waals surface area contributed by atoms with E-state index in [1.807, 2.05) is 0 Å². The van der Waals surface area contributed by atoms with E-state index in [2.05, 4.69) is 117 Å². The van der Waals surface area contributed by atoms with E-state index in [-0.39, 0.29) is 5.41 Å². The predicted octanol–water partition coefficient (Wildman–Crippen LogP) is 7.32. The molecule has 0 fully saturated rings. The fraction of sp³-hybridized carbons (Fsp3) is 0.214. The number of benzene rings is 3. The van der Waals surface area contributed by atoms with Crippen LogP contribution in [0.15, 0.2) is 91.0 Å². The second-order valence-corrected chi connectivity index (χ2v) is 8.73. The summed E-state index contributed by atoms with van der Waals surface area (Å²) in [4.78, 5) is 2.48. The van der Waals surface area contributed by atoms with Crippen molar-refractivity contribution >= 4 is 11.4 Å². The Bertz CT molecular complexity index is 1120. The average molecular weight is 378 g/mol. The number of hydrogen-bond donors (Lipinski definition) is 0. The van der Waals surface area contributed by atoms with Gasteiger partial charge in [-0.05, 0) is 59.9 Å². The Kier molecular flexibility index (Phi) is 4.20. The maximum atomic E-state index is 2.48. The highest BCUT2D eigenvalue weighted by Gasteiger charge is 2.36. The van der Waals surface area contributed by atoms with E-state index < -0.39 is 0 Å². The van der Waals surface area contributed by atoms with Crippen LogP contribution in [-0.4, -0.2) is 6.04 Å². The van der Waals surface area contributed by atoms with Crippen molar-refractivity contribution in [1.29, 1.82) is 0 Å². The summed E-state index contributed by atoms with van der Waals surface area (Å²) in [5.74, 6) is 0. The third kappa shape index (κ3) is 2.93. The van der Waals surface area contributed by atoms with Gasteiger partial charge in [0.1, 0.15) is 0 Å². The molecule has 2 aliphatic carbocycles. The summed E-state index contributed by atoms with van der Waals surface area (Å²) in [6, 6.07) is 25.0. The lowest BCUT2D eigenvalue weighted by Gasteiger charge is -2.33. The van der Waals surface area contributed by atoms with Crippen molar-refractivity contribution < 1.29 is 0 Å². The highest BCUT2D eigenvalue weighted by Crippen LogP contribution is 2.50. The molecule has 0 N–H and O–H groups in total. The van der Waals surface area contributed by atoms with Crippen LogP contribution < -0.4 is 4.90 Å². The van der Waals surface area contributed by atoms with Crippen molar-refractivity contribution in [3.8, 4) is 11.1 Å². The number of aryl methyl sites for hydroxylation is 1. The van der Waals surface area contributed by atoms with E-state index in [9.17, 15) is 0 Å². The number of hydrogen-bond acceptors (Lipinski definition) is 1. The van der Waals surface area contributed by atoms with Crippen LogP contribution in [0.5, 0.6) is 0 Å². The second-order valence-electron chi connectivity index (χ2n) is 8.73. The number of nitrogens with zero attached hydrogens (tertiary/aromatic N) is 1. The van der Waals surface area contributed by atoms with E-state index in [1.165, 1.54) is 39.2 Å². The minimum absolute atomic E-state index is 0.0113. The predicted molar refractivity (Wildman–Crippen MR) is 124 cm³/mol. The Balaban J connectivity index is 1.65. The molecular weight excluding hydrogens is 350 g/mol. The van der Waals surface area contributed by atoms with Gasteiger partial charge in [0.05, 0.1) is 6.04 Å². The van der Waals surface area contributed by atoms with E-state index in [1.54, 1.807) is 0 Å². The zero-order chi connectivity index (χ0) is 20.0. The van der Waals surface area contributed by atoms with Gasteiger partial charge in [-0.25, -0.2) is 0 Å². The lowest BCUT2D eigenvalue weighted by atomic mass is 9.82. The fourth-order valence-corrected chi connectivity index (χ4v) is 4.87. The van der Waals surface area contributed by atoms with Gasteiger partial charge in [-0.15, -0.1) is 0 Å². The number of para-hydroxylation sites is 1. The lowest BCUT2D eigenvalue weighted by molar-refractivity contribution is 0.659. The maximum absolute atomic E-state index is 2.48. The molecule has 0 amide bonds. The molecule has 5 rings (SSSR count). The smallest absolute Gasteiger partial charge is 0.0559 e. The Hall–Kier alpha value is -3.06. The molecule has 1 atom stereocenters. The molecule has 3 aromatic rings. The van der Waals surface area contributed by atoms with Crippen LogP contribution in [0.3, 0.4) is 0 Å². The van der Waals surface area contributed by atoms with Gasteiger partial charge in [-0.1, -0.05) is 86.2 Å². The zero-order valence-electron chi connectivity index (χ0n) is 17.4. The number of rotatable bonds is 3. The minimum Gasteiger partial charge on any atom is -0.334 e. The van der Waals surface area contributed by atoms with Gasteiger partial charge in [0.15, 0.2) is 0 Å². The monoisotopic (exact) mass is 377 g/mol. The molecule has 1 nitrogen and oxygen atoms in total. The summed E-state index contributed by atoms with van der Waals surface area (Å²) >= 11 is 0. The molecule has 1 heteroatoms. The molecule has 0 spiro atoms. The SMILES string of the molecule is Cc1ccc2c(c1)C(C)(C)c1cc(N(c3ccccc3)C3C=CC=CC3)ccc1-2. The van der Waals surface area contributed by atoms with Crippen molar-refractivity contribution in [3.05, 3.63) is 108 Å². The van der Waals surface area contributed by atoms with Crippen LogP contribution in [-0.2, 0) is 5.41 Å². The summed E-state index contributed by atoms with van der Waals surface area (Å²) in [7, 11) is 0. The molecule has 0 radical (unpaired) electrons. The summed E-state index contributed by atoms with van der Waals surface area (Å²) < 4.78 is 0. The van der Waals surface area contributed by atoms with Gasteiger partial charge in [-0.2, -0.15) is 0 Å². The molecule has 0 heterocycles. The Morgan fingerprint density at radius 3 is 2.24 bits per heavy atom. The van der Waals surface area contributed by atoms with Crippen LogP contribution in [0, 0.1) is 6.92 Å². The normalized spacial score (nSPS) is 18.4. The number of anilines is 2. The van der Waals surface area contributed by atoms with Gasteiger partial charge < -0.3 is 4.90 Å². The van der Waals surface area contributed by atoms with Gasteiger partial charge in [0.25, 0.3) is 0 Å². The molecule has 0 aliphatic heterocycles. The van der Waals surface area contributed by atoms with Crippen molar-refractivity contribution in [1.82, 2.24) is 0 Å². The average Bonchev–Trinajstić information content (AvgIpc) is 2.96. The second kappa shape index (κ2) is 6.77. The van der Waals surface area contributed by atoms with Crippen LogP contribution in [0.1, 0.15) is 37.0 Å². The van der Waals surface area contributed by atoms with Gasteiger partial charge in [0, 0.05) is 16.8 Å². The molecule has 144 valence electrons. The van der Waals surface area contributed by atoms with E-state index in [0.29, 0.717) is 6.04 Å². The van der Waals surface area contributed by atoms with Gasteiger partial charge in [0.2, 0.25) is 0 Å². The largest absolute Gasteiger partial charge is 0.334 e. The Labute approximate surface area is 174 Å². The Morgan fingerprint density at radius 1 is 0.793 bits per heavy atom. The van der Waals surface area contributed by atoms with Crippen LogP contribution in [0.25, 0.3) is 11.1 Å². The Morgan fingerprint density at radius 2 is 1.52 bits per heavy atom. The molecule has 0 saturated heterocycles. The molecule has 0 aromatic heterocycles. The van der Waals surface area contributed by atoms with Crippen molar-refractivity contribution in [2.75, 3.05) is 4.90 Å². The summed E-state index contributed by atoms with van der Waals surface area (Å²) in [6.07, 6.45) is 9.90. The highest BCUT2D eigenvalue weighted by atomic mass is 15.2. The lowest BCUT2D eigenvalue weighted by Crippen LogP contribution is -2.30. The highest BCUT2D eigenvalue weighted by molar-refractivity contribution is 5.83. The van der Waals surface area contributed by atoms with E-state index in [4.69, 9.17) is 0 Å².